The Bertz CT molecular complexity index is 1130. The number of nitrogens with zero attached hydrogens (tertiary/aromatic N) is 2. The van der Waals surface area contributed by atoms with Crippen LogP contribution in [0.1, 0.15) is 12.3 Å². The van der Waals surface area contributed by atoms with Crippen LogP contribution in [0.4, 0.5) is 5.69 Å². The Morgan fingerprint density at radius 2 is 1.70 bits per heavy atom. The van der Waals surface area contributed by atoms with Gasteiger partial charge < -0.3 is 9.84 Å². The van der Waals surface area contributed by atoms with Crippen molar-refractivity contribution in [3.05, 3.63) is 88.3 Å². The summed E-state index contributed by atoms with van der Waals surface area (Å²) in [5.74, 6) is 0.891. The molecule has 1 aromatic heterocycles. The number of aromatic nitrogens is 2. The van der Waals surface area contributed by atoms with Crippen molar-refractivity contribution in [1.82, 2.24) is 10.1 Å². The van der Waals surface area contributed by atoms with Gasteiger partial charge in [0.2, 0.25) is 17.6 Å². The van der Waals surface area contributed by atoms with Crippen LogP contribution in [0.5, 0.6) is 0 Å². The highest BCUT2D eigenvalue weighted by atomic mass is 127. The van der Waals surface area contributed by atoms with Gasteiger partial charge in [-0.15, -0.1) is 0 Å². The molecule has 30 heavy (non-hydrogen) atoms. The molecule has 1 N–H and O–H groups in total. The van der Waals surface area contributed by atoms with Crippen molar-refractivity contribution in [3.8, 4) is 11.4 Å². The summed E-state index contributed by atoms with van der Waals surface area (Å²) in [7, 11) is 0. The van der Waals surface area contributed by atoms with E-state index < -0.39 is 0 Å². The van der Waals surface area contributed by atoms with Crippen molar-refractivity contribution < 1.29 is 9.32 Å². The predicted octanol–water partition coefficient (Wildman–Crippen LogP) is 6.06. The molecular formula is C23H18IN3O2S. The maximum absolute atomic E-state index is 12.5. The van der Waals surface area contributed by atoms with Crippen LogP contribution in [0.2, 0.25) is 0 Å². The molecule has 150 valence electrons. The van der Waals surface area contributed by atoms with E-state index in [0.717, 1.165) is 24.6 Å². The lowest BCUT2D eigenvalue weighted by molar-refractivity contribution is -0.116. The first-order valence-electron chi connectivity index (χ1n) is 9.38. The number of hydrogen-bond acceptors (Lipinski definition) is 5. The van der Waals surface area contributed by atoms with Gasteiger partial charge in [-0.2, -0.15) is 4.98 Å². The van der Waals surface area contributed by atoms with Crippen molar-refractivity contribution in [3.63, 3.8) is 0 Å². The summed E-state index contributed by atoms with van der Waals surface area (Å²) in [4.78, 5) is 19.0. The van der Waals surface area contributed by atoms with Gasteiger partial charge in [0.15, 0.2) is 0 Å². The number of para-hydroxylation sites is 1. The number of carbonyl (C=O) groups excluding carboxylic acids is 1. The molecule has 1 amide bonds. The molecule has 0 fully saturated rings. The van der Waals surface area contributed by atoms with E-state index in [1.54, 1.807) is 11.8 Å². The lowest BCUT2D eigenvalue weighted by atomic mass is 10.2. The number of aryl methyl sites for hydroxylation is 1. The van der Waals surface area contributed by atoms with Gasteiger partial charge >= 0.3 is 0 Å². The fourth-order valence-corrected chi connectivity index (χ4v) is 4.06. The summed E-state index contributed by atoms with van der Waals surface area (Å²) in [6.45, 7) is 0. The summed E-state index contributed by atoms with van der Waals surface area (Å²) in [5.41, 5.74) is 1.68. The molecule has 4 aromatic rings. The summed E-state index contributed by atoms with van der Waals surface area (Å²) in [6, 6.07) is 25.7. The van der Waals surface area contributed by atoms with Crippen LogP contribution in [0, 0.1) is 3.57 Å². The van der Waals surface area contributed by atoms with Crippen molar-refractivity contribution in [2.24, 2.45) is 0 Å². The van der Waals surface area contributed by atoms with Crippen molar-refractivity contribution >= 4 is 45.9 Å². The average molecular weight is 527 g/mol. The zero-order valence-corrected chi connectivity index (χ0v) is 18.9. The lowest BCUT2D eigenvalue weighted by Crippen LogP contribution is -2.13. The molecule has 0 aliphatic carbocycles. The molecule has 1 heterocycles. The van der Waals surface area contributed by atoms with Gasteiger partial charge in [0, 0.05) is 31.8 Å². The maximum atomic E-state index is 12.5. The average Bonchev–Trinajstić information content (AvgIpc) is 3.24. The lowest BCUT2D eigenvalue weighted by Gasteiger charge is -2.10. The number of rotatable bonds is 7. The van der Waals surface area contributed by atoms with Crippen LogP contribution in [-0.4, -0.2) is 16.0 Å². The molecule has 0 bridgehead atoms. The van der Waals surface area contributed by atoms with E-state index in [1.807, 2.05) is 78.9 Å². The summed E-state index contributed by atoms with van der Waals surface area (Å²) in [5, 5.41) is 7.01. The number of benzene rings is 3. The minimum absolute atomic E-state index is 0.0925. The molecule has 7 heteroatoms. The smallest absolute Gasteiger partial charge is 0.227 e. The Labute approximate surface area is 192 Å². The first kappa shape index (κ1) is 20.6. The van der Waals surface area contributed by atoms with E-state index in [1.165, 1.54) is 0 Å². The van der Waals surface area contributed by atoms with Gasteiger partial charge in [-0.3, -0.25) is 4.79 Å². The van der Waals surface area contributed by atoms with Crippen LogP contribution in [-0.2, 0) is 11.2 Å². The van der Waals surface area contributed by atoms with E-state index in [0.29, 0.717) is 18.1 Å². The summed E-state index contributed by atoms with van der Waals surface area (Å²) >= 11 is 3.86. The molecule has 0 radical (unpaired) electrons. The van der Waals surface area contributed by atoms with E-state index in [-0.39, 0.29) is 12.3 Å². The van der Waals surface area contributed by atoms with Crippen LogP contribution < -0.4 is 5.32 Å². The van der Waals surface area contributed by atoms with Gasteiger partial charge in [0.05, 0.1) is 5.69 Å². The maximum Gasteiger partial charge on any atom is 0.227 e. The third-order valence-corrected chi connectivity index (χ3v) is 6.07. The topological polar surface area (TPSA) is 68.0 Å². The van der Waals surface area contributed by atoms with E-state index in [9.17, 15) is 4.79 Å². The number of carbonyl (C=O) groups is 1. The molecule has 5 nitrogen and oxygen atoms in total. The fraction of sp³-hybridized carbons (Fsp3) is 0.0870. The molecule has 0 aliphatic rings. The molecule has 0 spiro atoms. The molecular weight excluding hydrogens is 509 g/mol. The molecule has 0 unspecified atom stereocenters. The SMILES string of the molecule is O=C(CCc1nc(-c2ccc(I)cc2)no1)Nc1ccccc1Sc1ccccc1. The second-order valence-corrected chi connectivity index (χ2v) is 8.84. The van der Waals surface area contributed by atoms with Crippen LogP contribution in [0.15, 0.2) is 93.2 Å². The molecule has 0 saturated heterocycles. The summed E-state index contributed by atoms with van der Waals surface area (Å²) < 4.78 is 6.45. The van der Waals surface area contributed by atoms with Crippen molar-refractivity contribution in [1.29, 1.82) is 0 Å². The first-order valence-corrected chi connectivity index (χ1v) is 11.3. The van der Waals surface area contributed by atoms with Gasteiger partial charge in [-0.1, -0.05) is 59.4 Å². The van der Waals surface area contributed by atoms with Gasteiger partial charge in [0.1, 0.15) is 0 Å². The molecule has 0 aliphatic heterocycles. The highest BCUT2D eigenvalue weighted by Gasteiger charge is 2.12. The second-order valence-electron chi connectivity index (χ2n) is 6.48. The van der Waals surface area contributed by atoms with Gasteiger partial charge in [-0.05, 0) is 59.0 Å². The Balaban J connectivity index is 1.36. The third-order valence-electron chi connectivity index (χ3n) is 4.27. The van der Waals surface area contributed by atoms with E-state index >= 15 is 0 Å². The van der Waals surface area contributed by atoms with Crippen LogP contribution >= 0.6 is 34.4 Å². The quantitative estimate of drug-likeness (QED) is 0.296. The molecule has 4 rings (SSSR count). The van der Waals surface area contributed by atoms with E-state index in [2.05, 4.69) is 38.0 Å². The minimum atomic E-state index is -0.0925. The monoisotopic (exact) mass is 527 g/mol. The Morgan fingerprint density at radius 3 is 2.50 bits per heavy atom. The largest absolute Gasteiger partial charge is 0.339 e. The molecule has 0 saturated carbocycles. The van der Waals surface area contributed by atoms with Gasteiger partial charge in [-0.25, -0.2) is 0 Å². The molecule has 0 atom stereocenters. The summed E-state index contributed by atoms with van der Waals surface area (Å²) in [6.07, 6.45) is 0.649. The Morgan fingerprint density at radius 1 is 0.967 bits per heavy atom. The normalized spacial score (nSPS) is 10.7. The minimum Gasteiger partial charge on any atom is -0.339 e. The molecule has 3 aromatic carbocycles. The fourth-order valence-electron chi connectivity index (χ4n) is 2.78. The van der Waals surface area contributed by atoms with Gasteiger partial charge in [0.25, 0.3) is 0 Å². The highest BCUT2D eigenvalue weighted by molar-refractivity contribution is 14.1. The predicted molar refractivity (Wildman–Crippen MR) is 126 cm³/mol. The van der Waals surface area contributed by atoms with E-state index in [4.69, 9.17) is 4.52 Å². The number of nitrogens with one attached hydrogen (secondary N) is 1. The number of halogens is 1. The Hall–Kier alpha value is -2.65. The standard InChI is InChI=1S/C23H18IN3O2S/c24-17-12-10-16(11-13-17)23-26-22(29-27-23)15-14-21(28)25-19-8-4-5-9-20(19)30-18-6-2-1-3-7-18/h1-13H,14-15H2,(H,25,28). The van der Waals surface area contributed by atoms with Crippen molar-refractivity contribution in [2.75, 3.05) is 5.32 Å². The number of hydrogen-bond donors (Lipinski definition) is 1. The second kappa shape index (κ2) is 9.90. The van der Waals surface area contributed by atoms with Crippen LogP contribution in [0.25, 0.3) is 11.4 Å². The third kappa shape index (κ3) is 5.48. The zero-order chi connectivity index (χ0) is 20.8. The number of amides is 1. The zero-order valence-electron chi connectivity index (χ0n) is 15.9. The van der Waals surface area contributed by atoms with Crippen LogP contribution in [0.3, 0.4) is 0 Å². The first-order chi connectivity index (χ1) is 14.7. The highest BCUT2D eigenvalue weighted by Crippen LogP contribution is 2.33. The number of anilines is 1. The van der Waals surface area contributed by atoms with Crippen molar-refractivity contribution in [2.45, 2.75) is 22.6 Å². The Kier molecular flexibility index (Phi) is 6.81.